The Labute approximate surface area is 178 Å². The van der Waals surface area contributed by atoms with Gasteiger partial charge in [0.25, 0.3) is 5.91 Å². The number of fused-ring (bicyclic) bond motifs is 1. The van der Waals surface area contributed by atoms with Crippen LogP contribution in [0, 0.1) is 13.8 Å². The van der Waals surface area contributed by atoms with E-state index in [2.05, 4.69) is 54.9 Å². The van der Waals surface area contributed by atoms with Crippen LogP contribution >= 0.6 is 0 Å². The van der Waals surface area contributed by atoms with Gasteiger partial charge in [-0.1, -0.05) is 49.4 Å². The minimum Gasteiger partial charge on any atom is -0.384 e. The lowest BCUT2D eigenvalue weighted by molar-refractivity contribution is 0.102. The summed E-state index contributed by atoms with van der Waals surface area (Å²) < 4.78 is 0. The topological polar surface area (TPSA) is 53.2 Å². The second-order valence-corrected chi connectivity index (χ2v) is 8.17. The number of carbonyl (C=O) groups excluding carboxylic acids is 1. The maximum Gasteiger partial charge on any atom is 0.257 e. The van der Waals surface area contributed by atoms with Crippen LogP contribution in [0.5, 0.6) is 0 Å². The Morgan fingerprint density at radius 2 is 1.77 bits per heavy atom. The lowest BCUT2D eigenvalue weighted by Gasteiger charge is -2.26. The van der Waals surface area contributed by atoms with Crippen molar-refractivity contribution in [2.45, 2.75) is 39.7 Å². The van der Waals surface area contributed by atoms with E-state index < -0.39 is 0 Å². The lowest BCUT2D eigenvalue weighted by atomic mass is 9.89. The molecule has 4 nitrogen and oxygen atoms in total. The zero-order valence-corrected chi connectivity index (χ0v) is 17.9. The molecule has 154 valence electrons. The van der Waals surface area contributed by atoms with Crippen LogP contribution in [0.4, 0.5) is 17.1 Å². The smallest absolute Gasteiger partial charge is 0.257 e. The highest BCUT2D eigenvalue weighted by Gasteiger charge is 2.23. The van der Waals surface area contributed by atoms with E-state index in [0.29, 0.717) is 18.0 Å². The highest BCUT2D eigenvalue weighted by atomic mass is 16.1. The molecule has 4 rings (SSSR count). The van der Waals surface area contributed by atoms with Crippen molar-refractivity contribution >= 4 is 23.0 Å². The first-order chi connectivity index (χ1) is 14.5. The van der Waals surface area contributed by atoms with Crippen LogP contribution in [-0.2, 0) is 6.54 Å². The van der Waals surface area contributed by atoms with Gasteiger partial charge in [0.05, 0.1) is 22.6 Å². The molecule has 0 fully saturated rings. The fourth-order valence-electron chi connectivity index (χ4n) is 4.08. The molecule has 1 unspecified atom stereocenters. The van der Waals surface area contributed by atoms with Crippen molar-refractivity contribution < 1.29 is 4.79 Å². The molecule has 0 saturated heterocycles. The Morgan fingerprint density at radius 1 is 1.03 bits per heavy atom. The zero-order valence-electron chi connectivity index (χ0n) is 17.9. The van der Waals surface area contributed by atoms with Crippen molar-refractivity contribution in [3.63, 3.8) is 0 Å². The first-order valence-corrected chi connectivity index (χ1v) is 10.6. The van der Waals surface area contributed by atoms with Gasteiger partial charge >= 0.3 is 0 Å². The SMILES string of the molecule is Cc1cc(C(=O)Nc2ccccc2NCc2ccccc2C)c2c(c1)C(C)CCN2. The molecule has 4 heteroatoms. The van der Waals surface area contributed by atoms with E-state index in [1.54, 1.807) is 0 Å². The molecule has 1 aliphatic rings. The minimum absolute atomic E-state index is 0.0818. The van der Waals surface area contributed by atoms with Gasteiger partial charge < -0.3 is 16.0 Å². The van der Waals surface area contributed by atoms with E-state index in [0.717, 1.165) is 35.6 Å². The van der Waals surface area contributed by atoms with Gasteiger partial charge in [0, 0.05) is 13.1 Å². The van der Waals surface area contributed by atoms with E-state index >= 15 is 0 Å². The Balaban J connectivity index is 1.57. The highest BCUT2D eigenvalue weighted by Crippen LogP contribution is 2.35. The summed E-state index contributed by atoms with van der Waals surface area (Å²) >= 11 is 0. The number of carbonyl (C=O) groups is 1. The predicted octanol–water partition coefficient (Wildman–Crippen LogP) is 6.09. The standard InChI is InChI=1S/C26H29N3O/c1-17-14-21-19(3)12-13-27-25(21)22(15-17)26(30)29-24-11-7-6-10-23(24)28-16-20-9-5-4-8-18(20)2/h4-11,14-15,19,27-28H,12-13,16H2,1-3H3,(H,29,30). The number of hydrogen-bond acceptors (Lipinski definition) is 3. The largest absolute Gasteiger partial charge is 0.384 e. The first-order valence-electron chi connectivity index (χ1n) is 10.6. The zero-order chi connectivity index (χ0) is 21.1. The van der Waals surface area contributed by atoms with Crippen molar-refractivity contribution in [2.75, 3.05) is 22.5 Å². The number of nitrogens with one attached hydrogen (secondary N) is 3. The molecule has 30 heavy (non-hydrogen) atoms. The van der Waals surface area contributed by atoms with Gasteiger partial charge in [0.15, 0.2) is 0 Å². The molecule has 3 N–H and O–H groups in total. The third kappa shape index (κ3) is 4.18. The van der Waals surface area contributed by atoms with Crippen LogP contribution in [0.15, 0.2) is 60.7 Å². The van der Waals surface area contributed by atoms with Gasteiger partial charge in [0.1, 0.15) is 0 Å². The van der Waals surface area contributed by atoms with E-state index in [-0.39, 0.29) is 5.91 Å². The molecular weight excluding hydrogens is 370 g/mol. The van der Waals surface area contributed by atoms with E-state index in [1.165, 1.54) is 16.7 Å². The molecule has 1 heterocycles. The number of rotatable bonds is 5. The average molecular weight is 400 g/mol. The number of benzene rings is 3. The number of amides is 1. The van der Waals surface area contributed by atoms with Gasteiger partial charge in [-0.15, -0.1) is 0 Å². The summed E-state index contributed by atoms with van der Waals surface area (Å²) in [4.78, 5) is 13.2. The normalized spacial score (nSPS) is 15.1. The molecule has 0 radical (unpaired) electrons. The lowest BCUT2D eigenvalue weighted by Crippen LogP contribution is -2.21. The maximum absolute atomic E-state index is 13.2. The Kier molecular flexibility index (Phi) is 5.75. The van der Waals surface area contributed by atoms with Crippen molar-refractivity contribution in [3.8, 4) is 0 Å². The number of anilines is 3. The molecule has 3 aromatic carbocycles. The number of para-hydroxylation sites is 2. The molecule has 1 atom stereocenters. The highest BCUT2D eigenvalue weighted by molar-refractivity contribution is 6.10. The van der Waals surface area contributed by atoms with E-state index in [9.17, 15) is 4.79 Å². The predicted molar refractivity (Wildman–Crippen MR) is 126 cm³/mol. The first kappa shape index (κ1) is 20.0. The van der Waals surface area contributed by atoms with Gasteiger partial charge in [-0.2, -0.15) is 0 Å². The van der Waals surface area contributed by atoms with Crippen LogP contribution in [0.2, 0.25) is 0 Å². The van der Waals surface area contributed by atoms with Gasteiger partial charge in [-0.25, -0.2) is 0 Å². The summed E-state index contributed by atoms with van der Waals surface area (Å²) in [5.41, 5.74) is 8.22. The van der Waals surface area contributed by atoms with Crippen LogP contribution in [0.3, 0.4) is 0 Å². The van der Waals surface area contributed by atoms with Gasteiger partial charge in [-0.3, -0.25) is 4.79 Å². The second-order valence-electron chi connectivity index (χ2n) is 8.17. The molecule has 0 spiro atoms. The quantitative estimate of drug-likeness (QED) is 0.487. The number of hydrogen-bond donors (Lipinski definition) is 3. The van der Waals surface area contributed by atoms with E-state index in [1.807, 2.05) is 42.5 Å². The van der Waals surface area contributed by atoms with Crippen molar-refractivity contribution in [3.05, 3.63) is 88.5 Å². The van der Waals surface area contributed by atoms with Crippen molar-refractivity contribution in [2.24, 2.45) is 0 Å². The minimum atomic E-state index is -0.0818. The second kappa shape index (κ2) is 8.62. The Morgan fingerprint density at radius 3 is 2.57 bits per heavy atom. The summed E-state index contributed by atoms with van der Waals surface area (Å²) in [6, 6.07) is 20.4. The fourth-order valence-corrected chi connectivity index (χ4v) is 4.08. The van der Waals surface area contributed by atoms with Gasteiger partial charge in [0.2, 0.25) is 0 Å². The fraction of sp³-hybridized carbons (Fsp3) is 0.269. The van der Waals surface area contributed by atoms with Crippen LogP contribution in [0.25, 0.3) is 0 Å². The third-order valence-electron chi connectivity index (χ3n) is 5.87. The maximum atomic E-state index is 13.2. The van der Waals surface area contributed by atoms with Crippen LogP contribution in [-0.4, -0.2) is 12.5 Å². The van der Waals surface area contributed by atoms with E-state index in [4.69, 9.17) is 0 Å². The molecule has 0 saturated carbocycles. The Bertz CT molecular complexity index is 1070. The van der Waals surface area contributed by atoms with Crippen LogP contribution < -0.4 is 16.0 Å². The number of aryl methyl sites for hydroxylation is 2. The average Bonchev–Trinajstić information content (AvgIpc) is 2.74. The summed E-state index contributed by atoms with van der Waals surface area (Å²) in [5.74, 6) is 0.373. The van der Waals surface area contributed by atoms with Crippen molar-refractivity contribution in [1.82, 2.24) is 0 Å². The van der Waals surface area contributed by atoms with Crippen LogP contribution in [0.1, 0.15) is 51.9 Å². The molecular formula is C26H29N3O. The molecule has 3 aromatic rings. The third-order valence-corrected chi connectivity index (χ3v) is 5.87. The molecule has 0 bridgehead atoms. The summed E-state index contributed by atoms with van der Waals surface area (Å²) in [6.07, 6.45) is 1.09. The molecule has 0 aromatic heterocycles. The van der Waals surface area contributed by atoms with Crippen molar-refractivity contribution in [1.29, 1.82) is 0 Å². The monoisotopic (exact) mass is 399 g/mol. The molecule has 1 aliphatic heterocycles. The summed E-state index contributed by atoms with van der Waals surface area (Å²) in [7, 11) is 0. The Hall–Kier alpha value is -3.27. The summed E-state index contributed by atoms with van der Waals surface area (Å²) in [6.45, 7) is 7.99. The summed E-state index contributed by atoms with van der Waals surface area (Å²) in [5, 5.41) is 10.1. The van der Waals surface area contributed by atoms with Gasteiger partial charge in [-0.05, 0) is 66.6 Å². The molecule has 1 amide bonds. The molecule has 0 aliphatic carbocycles.